The van der Waals surface area contributed by atoms with Crippen LogP contribution in [0.15, 0.2) is 40.9 Å². The fourth-order valence-electron chi connectivity index (χ4n) is 1.99. The van der Waals surface area contributed by atoms with E-state index in [2.05, 4.69) is 21.2 Å². The van der Waals surface area contributed by atoms with Crippen LogP contribution in [-0.2, 0) is 0 Å². The summed E-state index contributed by atoms with van der Waals surface area (Å²) in [5, 5.41) is 2.76. The quantitative estimate of drug-likeness (QED) is 0.898. The molecule has 2 aromatic rings. The summed E-state index contributed by atoms with van der Waals surface area (Å²) in [4.78, 5) is 14.1. The van der Waals surface area contributed by atoms with Gasteiger partial charge in [0.25, 0.3) is 5.91 Å². The van der Waals surface area contributed by atoms with Gasteiger partial charge in [-0.2, -0.15) is 0 Å². The standard InChI is InChI=1S/C16H16BrFN2O/c1-10-4-6-12(13(18)8-10)16(21)19-14-9-11(17)5-7-15(14)20(2)3/h4-9H,1-3H3,(H,19,21). The third-order valence-corrected chi connectivity index (χ3v) is 3.55. The first-order valence-electron chi connectivity index (χ1n) is 6.43. The molecular formula is C16H16BrFN2O. The lowest BCUT2D eigenvalue weighted by Gasteiger charge is -2.18. The molecule has 2 rings (SSSR count). The Morgan fingerprint density at radius 1 is 1.19 bits per heavy atom. The summed E-state index contributed by atoms with van der Waals surface area (Å²) in [7, 11) is 3.76. The van der Waals surface area contributed by atoms with E-state index in [0.717, 1.165) is 15.7 Å². The average Bonchev–Trinajstić information content (AvgIpc) is 2.37. The molecule has 0 aliphatic rings. The largest absolute Gasteiger partial charge is 0.376 e. The Kier molecular flexibility index (Phi) is 4.63. The number of nitrogens with one attached hydrogen (secondary N) is 1. The van der Waals surface area contributed by atoms with Crippen LogP contribution in [0.1, 0.15) is 15.9 Å². The van der Waals surface area contributed by atoms with Crippen molar-refractivity contribution in [3.8, 4) is 0 Å². The number of aryl methyl sites for hydroxylation is 1. The topological polar surface area (TPSA) is 32.3 Å². The van der Waals surface area contributed by atoms with Crippen LogP contribution in [0, 0.1) is 12.7 Å². The van der Waals surface area contributed by atoms with Crippen LogP contribution in [0.3, 0.4) is 0 Å². The Labute approximate surface area is 131 Å². The number of nitrogens with zero attached hydrogens (tertiary/aromatic N) is 1. The minimum atomic E-state index is -0.520. The molecule has 5 heteroatoms. The minimum absolute atomic E-state index is 0.0327. The van der Waals surface area contributed by atoms with E-state index in [0.29, 0.717) is 5.69 Å². The summed E-state index contributed by atoms with van der Waals surface area (Å²) in [5.41, 5.74) is 2.28. The van der Waals surface area contributed by atoms with Crippen molar-refractivity contribution in [2.24, 2.45) is 0 Å². The lowest BCUT2D eigenvalue weighted by molar-refractivity contribution is 0.102. The van der Waals surface area contributed by atoms with E-state index in [1.54, 1.807) is 19.1 Å². The van der Waals surface area contributed by atoms with E-state index in [1.807, 2.05) is 31.1 Å². The van der Waals surface area contributed by atoms with Gasteiger partial charge in [-0.1, -0.05) is 22.0 Å². The summed E-state index contributed by atoms with van der Waals surface area (Å²) < 4.78 is 14.7. The van der Waals surface area contributed by atoms with Gasteiger partial charge < -0.3 is 10.2 Å². The first-order chi connectivity index (χ1) is 9.88. The Morgan fingerprint density at radius 3 is 2.52 bits per heavy atom. The van der Waals surface area contributed by atoms with Crippen molar-refractivity contribution in [3.63, 3.8) is 0 Å². The van der Waals surface area contributed by atoms with Gasteiger partial charge >= 0.3 is 0 Å². The summed E-state index contributed by atoms with van der Waals surface area (Å²) in [6.45, 7) is 1.78. The predicted octanol–water partition coefficient (Wildman–Crippen LogP) is 4.21. The maximum absolute atomic E-state index is 13.9. The number of carbonyl (C=O) groups is 1. The van der Waals surface area contributed by atoms with Crippen molar-refractivity contribution in [2.45, 2.75) is 6.92 Å². The molecule has 1 amide bonds. The number of hydrogen-bond donors (Lipinski definition) is 1. The van der Waals surface area contributed by atoms with Crippen LogP contribution in [0.4, 0.5) is 15.8 Å². The summed E-state index contributed by atoms with van der Waals surface area (Å²) >= 11 is 3.37. The SMILES string of the molecule is Cc1ccc(C(=O)Nc2cc(Br)ccc2N(C)C)c(F)c1. The van der Waals surface area contributed by atoms with Crippen molar-refractivity contribution >= 4 is 33.2 Å². The van der Waals surface area contributed by atoms with E-state index in [-0.39, 0.29) is 5.56 Å². The van der Waals surface area contributed by atoms with E-state index in [1.165, 1.54) is 12.1 Å². The van der Waals surface area contributed by atoms with Gasteiger partial charge in [-0.15, -0.1) is 0 Å². The van der Waals surface area contributed by atoms with Crippen LogP contribution in [0.25, 0.3) is 0 Å². The van der Waals surface area contributed by atoms with Crippen LogP contribution in [0.2, 0.25) is 0 Å². The average molecular weight is 351 g/mol. The number of benzene rings is 2. The van der Waals surface area contributed by atoms with Crippen molar-refractivity contribution in [3.05, 3.63) is 57.8 Å². The second kappa shape index (κ2) is 6.26. The Balaban J connectivity index is 2.33. The Morgan fingerprint density at radius 2 is 1.90 bits per heavy atom. The van der Waals surface area contributed by atoms with Gasteiger partial charge in [0.1, 0.15) is 5.82 Å². The van der Waals surface area contributed by atoms with Crippen LogP contribution >= 0.6 is 15.9 Å². The van der Waals surface area contributed by atoms with E-state index in [9.17, 15) is 9.18 Å². The summed E-state index contributed by atoms with van der Waals surface area (Å²) in [6.07, 6.45) is 0. The predicted molar refractivity (Wildman–Crippen MR) is 87.6 cm³/mol. The molecule has 0 bridgehead atoms. The molecule has 0 heterocycles. The highest BCUT2D eigenvalue weighted by Crippen LogP contribution is 2.28. The number of anilines is 2. The van der Waals surface area contributed by atoms with Crippen molar-refractivity contribution in [2.75, 3.05) is 24.3 Å². The lowest BCUT2D eigenvalue weighted by Crippen LogP contribution is -2.17. The van der Waals surface area contributed by atoms with E-state index < -0.39 is 11.7 Å². The molecule has 0 aromatic heterocycles. The maximum atomic E-state index is 13.9. The number of amides is 1. The third kappa shape index (κ3) is 3.61. The molecule has 3 nitrogen and oxygen atoms in total. The summed E-state index contributed by atoms with van der Waals surface area (Å²) in [5.74, 6) is -0.984. The second-order valence-corrected chi connectivity index (χ2v) is 5.91. The van der Waals surface area contributed by atoms with Crippen molar-refractivity contribution in [1.29, 1.82) is 0 Å². The zero-order valence-corrected chi connectivity index (χ0v) is 13.7. The molecular weight excluding hydrogens is 335 g/mol. The second-order valence-electron chi connectivity index (χ2n) is 4.99. The van der Waals surface area contributed by atoms with Gasteiger partial charge in [-0.05, 0) is 42.8 Å². The molecule has 0 saturated heterocycles. The fourth-order valence-corrected chi connectivity index (χ4v) is 2.35. The molecule has 2 aromatic carbocycles. The number of carbonyl (C=O) groups excluding carboxylic acids is 1. The molecule has 0 atom stereocenters. The smallest absolute Gasteiger partial charge is 0.258 e. The highest BCUT2D eigenvalue weighted by atomic mass is 79.9. The van der Waals surface area contributed by atoms with Gasteiger partial charge in [-0.25, -0.2) is 4.39 Å². The molecule has 21 heavy (non-hydrogen) atoms. The highest BCUT2D eigenvalue weighted by molar-refractivity contribution is 9.10. The van der Waals surface area contributed by atoms with E-state index in [4.69, 9.17) is 0 Å². The van der Waals surface area contributed by atoms with Gasteiger partial charge in [0.15, 0.2) is 0 Å². The molecule has 0 spiro atoms. The monoisotopic (exact) mass is 350 g/mol. The lowest BCUT2D eigenvalue weighted by atomic mass is 10.1. The molecule has 110 valence electrons. The molecule has 1 N–H and O–H groups in total. The first kappa shape index (κ1) is 15.5. The third-order valence-electron chi connectivity index (χ3n) is 3.06. The number of rotatable bonds is 3. The molecule has 0 aliphatic carbocycles. The highest BCUT2D eigenvalue weighted by Gasteiger charge is 2.14. The molecule has 0 saturated carbocycles. The van der Waals surface area contributed by atoms with Gasteiger partial charge in [-0.3, -0.25) is 4.79 Å². The zero-order chi connectivity index (χ0) is 15.6. The van der Waals surface area contributed by atoms with Crippen LogP contribution < -0.4 is 10.2 Å². The molecule has 0 fully saturated rings. The number of halogens is 2. The maximum Gasteiger partial charge on any atom is 0.258 e. The Hall–Kier alpha value is -1.88. The van der Waals surface area contributed by atoms with Gasteiger partial charge in [0, 0.05) is 18.6 Å². The number of hydrogen-bond acceptors (Lipinski definition) is 2. The van der Waals surface area contributed by atoms with Crippen molar-refractivity contribution in [1.82, 2.24) is 0 Å². The molecule has 0 radical (unpaired) electrons. The zero-order valence-electron chi connectivity index (χ0n) is 12.1. The van der Waals surface area contributed by atoms with E-state index >= 15 is 0 Å². The minimum Gasteiger partial charge on any atom is -0.376 e. The fraction of sp³-hybridized carbons (Fsp3) is 0.188. The Bertz CT molecular complexity index is 686. The van der Waals surface area contributed by atoms with Gasteiger partial charge in [0.2, 0.25) is 0 Å². The van der Waals surface area contributed by atoms with Crippen LogP contribution in [-0.4, -0.2) is 20.0 Å². The van der Waals surface area contributed by atoms with Gasteiger partial charge in [0.05, 0.1) is 16.9 Å². The molecule has 0 aliphatic heterocycles. The summed E-state index contributed by atoms with van der Waals surface area (Å²) in [6, 6.07) is 10.1. The first-order valence-corrected chi connectivity index (χ1v) is 7.22. The normalized spacial score (nSPS) is 10.3. The molecule has 0 unspecified atom stereocenters. The van der Waals surface area contributed by atoms with Crippen molar-refractivity contribution < 1.29 is 9.18 Å². The van der Waals surface area contributed by atoms with Crippen LogP contribution in [0.5, 0.6) is 0 Å².